The molecule has 0 bridgehead atoms. The number of aryl methyl sites for hydroxylation is 1. The second kappa shape index (κ2) is 9.23. The first-order chi connectivity index (χ1) is 15.5. The summed E-state index contributed by atoms with van der Waals surface area (Å²) in [4.78, 5) is 41.2. The first-order valence-corrected chi connectivity index (χ1v) is 10.6. The van der Waals surface area contributed by atoms with Crippen molar-refractivity contribution in [3.05, 3.63) is 59.2 Å². The van der Waals surface area contributed by atoms with E-state index in [4.69, 9.17) is 9.47 Å². The van der Waals surface area contributed by atoms with Gasteiger partial charge in [0.1, 0.15) is 11.3 Å². The Bertz CT molecular complexity index is 1070. The minimum atomic E-state index is -0.777. The zero-order valence-electron chi connectivity index (χ0n) is 18.1. The topological polar surface area (TPSA) is 88.2 Å². The van der Waals surface area contributed by atoms with Gasteiger partial charge in [-0.05, 0) is 67.4 Å². The number of nitrogens with zero attached hydrogens (tertiary/aromatic N) is 2. The van der Waals surface area contributed by atoms with Gasteiger partial charge in [-0.3, -0.25) is 14.9 Å². The number of nitrogens with one attached hydrogen (secondary N) is 1. The molecule has 2 saturated heterocycles. The number of ether oxygens (including phenoxy) is 2. The minimum absolute atomic E-state index is 0.0966. The first-order valence-electron chi connectivity index (χ1n) is 10.6. The fourth-order valence-corrected chi connectivity index (χ4v) is 3.75. The van der Waals surface area contributed by atoms with Crippen LogP contribution in [0.1, 0.15) is 18.1 Å². The number of imide groups is 2. The molecule has 4 amide bonds. The van der Waals surface area contributed by atoms with Gasteiger partial charge in [0.25, 0.3) is 11.8 Å². The molecule has 166 valence electrons. The number of barbiturate groups is 1. The predicted octanol–water partition coefficient (Wildman–Crippen LogP) is 2.90. The fourth-order valence-electron chi connectivity index (χ4n) is 3.75. The highest BCUT2D eigenvalue weighted by Gasteiger charge is 2.36. The van der Waals surface area contributed by atoms with E-state index in [1.54, 1.807) is 24.3 Å². The van der Waals surface area contributed by atoms with Crippen LogP contribution in [0.3, 0.4) is 0 Å². The Labute approximate surface area is 186 Å². The van der Waals surface area contributed by atoms with Crippen LogP contribution in [0.4, 0.5) is 16.2 Å². The second-order valence-electron chi connectivity index (χ2n) is 7.53. The van der Waals surface area contributed by atoms with Gasteiger partial charge < -0.3 is 14.4 Å². The van der Waals surface area contributed by atoms with Gasteiger partial charge in [0, 0.05) is 18.8 Å². The lowest BCUT2D eigenvalue weighted by Crippen LogP contribution is -2.54. The Balaban J connectivity index is 1.61. The normalized spacial score (nSPS) is 18.2. The standard InChI is InChI=1S/C24H25N3O5/c1-3-32-20-8-6-18(7-9-20)27-23(29)21(22(28)25-24(27)30)15-17-4-5-19(14-16(17)2)26-10-12-31-13-11-26/h4-9,14-15H,3,10-13H2,1-2H3,(H,25,28,30)/b21-15-. The predicted molar refractivity (Wildman–Crippen MR) is 121 cm³/mol. The Kier molecular flexibility index (Phi) is 6.23. The molecule has 2 heterocycles. The molecule has 1 N–H and O–H groups in total. The number of hydrogen-bond donors (Lipinski definition) is 1. The van der Waals surface area contributed by atoms with Crippen LogP contribution in [-0.2, 0) is 14.3 Å². The Morgan fingerprint density at radius 2 is 1.72 bits per heavy atom. The van der Waals surface area contributed by atoms with Gasteiger partial charge in [0.05, 0.1) is 25.5 Å². The number of rotatable bonds is 5. The average Bonchev–Trinajstić information content (AvgIpc) is 2.79. The molecular formula is C24H25N3O5. The average molecular weight is 435 g/mol. The summed E-state index contributed by atoms with van der Waals surface area (Å²) in [5.74, 6) is -0.748. The molecule has 0 aliphatic carbocycles. The van der Waals surface area contributed by atoms with E-state index < -0.39 is 17.8 Å². The van der Waals surface area contributed by atoms with Gasteiger partial charge in [0.2, 0.25) is 0 Å². The van der Waals surface area contributed by atoms with Crippen molar-refractivity contribution < 1.29 is 23.9 Å². The summed E-state index contributed by atoms with van der Waals surface area (Å²) in [7, 11) is 0. The third-order valence-electron chi connectivity index (χ3n) is 5.44. The molecule has 32 heavy (non-hydrogen) atoms. The van der Waals surface area contributed by atoms with Crippen LogP contribution in [-0.4, -0.2) is 50.8 Å². The third kappa shape index (κ3) is 4.36. The quantitative estimate of drug-likeness (QED) is 0.574. The highest BCUT2D eigenvalue weighted by molar-refractivity contribution is 6.39. The van der Waals surface area contributed by atoms with E-state index in [2.05, 4.69) is 10.2 Å². The van der Waals surface area contributed by atoms with Gasteiger partial charge in [0.15, 0.2) is 0 Å². The number of benzene rings is 2. The maximum atomic E-state index is 13.1. The molecule has 0 radical (unpaired) electrons. The SMILES string of the molecule is CCOc1ccc(N2C(=O)NC(=O)/C(=C/c3ccc(N4CCOCC4)cc3C)C2=O)cc1. The molecule has 2 aliphatic heterocycles. The van der Waals surface area contributed by atoms with E-state index in [-0.39, 0.29) is 5.57 Å². The Morgan fingerprint density at radius 1 is 1.03 bits per heavy atom. The van der Waals surface area contributed by atoms with E-state index in [9.17, 15) is 14.4 Å². The van der Waals surface area contributed by atoms with Gasteiger partial charge >= 0.3 is 6.03 Å². The molecule has 2 fully saturated rings. The van der Waals surface area contributed by atoms with Gasteiger partial charge in [-0.1, -0.05) is 6.07 Å². The summed E-state index contributed by atoms with van der Waals surface area (Å²) < 4.78 is 10.8. The highest BCUT2D eigenvalue weighted by Crippen LogP contribution is 2.26. The second-order valence-corrected chi connectivity index (χ2v) is 7.53. The molecule has 8 heteroatoms. The summed E-state index contributed by atoms with van der Waals surface area (Å²) in [6, 6.07) is 11.7. The van der Waals surface area contributed by atoms with E-state index in [0.717, 1.165) is 34.8 Å². The monoisotopic (exact) mass is 435 g/mol. The molecule has 8 nitrogen and oxygen atoms in total. The zero-order chi connectivity index (χ0) is 22.7. The fraction of sp³-hybridized carbons (Fsp3) is 0.292. The van der Waals surface area contributed by atoms with Crippen molar-refractivity contribution in [3.8, 4) is 5.75 Å². The van der Waals surface area contributed by atoms with Gasteiger partial charge in [-0.2, -0.15) is 0 Å². The zero-order valence-corrected chi connectivity index (χ0v) is 18.1. The molecule has 2 aliphatic rings. The Hall–Kier alpha value is -3.65. The molecule has 2 aromatic rings. The molecule has 0 saturated carbocycles. The first kappa shape index (κ1) is 21.6. The van der Waals surface area contributed by atoms with Crippen LogP contribution in [0.25, 0.3) is 6.08 Å². The van der Waals surface area contributed by atoms with Crippen molar-refractivity contribution in [3.63, 3.8) is 0 Å². The summed E-state index contributed by atoms with van der Waals surface area (Å²) in [5, 5.41) is 2.26. The lowest BCUT2D eigenvalue weighted by Gasteiger charge is -2.29. The molecule has 2 aromatic carbocycles. The van der Waals surface area contributed by atoms with Crippen LogP contribution in [0.2, 0.25) is 0 Å². The summed E-state index contributed by atoms with van der Waals surface area (Å²) in [6.07, 6.45) is 1.53. The maximum absolute atomic E-state index is 13.1. The number of hydrogen-bond acceptors (Lipinski definition) is 6. The largest absolute Gasteiger partial charge is 0.494 e. The van der Waals surface area contributed by atoms with Crippen molar-refractivity contribution in [1.29, 1.82) is 0 Å². The number of amides is 4. The van der Waals surface area contributed by atoms with Gasteiger partial charge in [-0.15, -0.1) is 0 Å². The third-order valence-corrected chi connectivity index (χ3v) is 5.44. The number of carbonyl (C=O) groups is 3. The molecule has 0 unspecified atom stereocenters. The summed E-state index contributed by atoms with van der Waals surface area (Å²) in [6.45, 7) is 7.32. The summed E-state index contributed by atoms with van der Waals surface area (Å²) in [5.41, 5.74) is 2.99. The van der Waals surface area contributed by atoms with Crippen LogP contribution < -0.4 is 19.9 Å². The van der Waals surface area contributed by atoms with Crippen molar-refractivity contribution in [2.24, 2.45) is 0 Å². The van der Waals surface area contributed by atoms with Crippen molar-refractivity contribution >= 4 is 35.3 Å². The van der Waals surface area contributed by atoms with Crippen molar-refractivity contribution in [1.82, 2.24) is 5.32 Å². The van der Waals surface area contributed by atoms with E-state index >= 15 is 0 Å². The maximum Gasteiger partial charge on any atom is 0.335 e. The summed E-state index contributed by atoms with van der Waals surface area (Å²) >= 11 is 0. The molecule has 0 atom stereocenters. The number of urea groups is 1. The van der Waals surface area contributed by atoms with Gasteiger partial charge in [-0.25, -0.2) is 9.69 Å². The van der Waals surface area contributed by atoms with Crippen LogP contribution in [0, 0.1) is 6.92 Å². The van der Waals surface area contributed by atoms with E-state index in [1.165, 1.54) is 6.08 Å². The molecular weight excluding hydrogens is 410 g/mol. The van der Waals surface area contributed by atoms with E-state index in [1.807, 2.05) is 32.0 Å². The van der Waals surface area contributed by atoms with Crippen LogP contribution >= 0.6 is 0 Å². The number of morpholine rings is 1. The van der Waals surface area contributed by atoms with Crippen LogP contribution in [0.15, 0.2) is 48.0 Å². The highest BCUT2D eigenvalue weighted by atomic mass is 16.5. The lowest BCUT2D eigenvalue weighted by atomic mass is 10.0. The van der Waals surface area contributed by atoms with Crippen molar-refractivity contribution in [2.75, 3.05) is 42.7 Å². The Morgan fingerprint density at radius 3 is 2.38 bits per heavy atom. The number of anilines is 2. The smallest absolute Gasteiger partial charge is 0.335 e. The number of carbonyl (C=O) groups excluding carboxylic acids is 3. The lowest BCUT2D eigenvalue weighted by molar-refractivity contribution is -0.122. The van der Waals surface area contributed by atoms with Crippen molar-refractivity contribution in [2.45, 2.75) is 13.8 Å². The minimum Gasteiger partial charge on any atom is -0.494 e. The van der Waals surface area contributed by atoms with E-state index in [0.29, 0.717) is 31.3 Å². The van der Waals surface area contributed by atoms with Crippen LogP contribution in [0.5, 0.6) is 5.75 Å². The molecule has 0 aromatic heterocycles. The molecule has 0 spiro atoms. The molecule has 4 rings (SSSR count).